The number of aromatic nitrogens is 3. The van der Waals surface area contributed by atoms with Crippen molar-refractivity contribution in [2.24, 2.45) is 5.92 Å². The molecule has 2 aromatic heterocycles. The molecule has 0 spiro atoms. The average molecular weight is 379 g/mol. The Hall–Kier alpha value is -1.34. The summed E-state index contributed by atoms with van der Waals surface area (Å²) in [4.78, 5) is 13.6. The normalized spacial score (nSPS) is 15.5. The molecule has 2 aromatic rings. The van der Waals surface area contributed by atoms with Gasteiger partial charge in [-0.05, 0) is 43.6 Å². The van der Waals surface area contributed by atoms with Gasteiger partial charge in [0.25, 0.3) is 0 Å². The highest BCUT2D eigenvalue weighted by molar-refractivity contribution is 8.00. The molecule has 0 saturated heterocycles. The van der Waals surface area contributed by atoms with Gasteiger partial charge in [-0.3, -0.25) is 4.79 Å². The number of nitrogens with one attached hydrogen (secondary N) is 1. The minimum atomic E-state index is -0.163. The van der Waals surface area contributed by atoms with Crippen LogP contribution in [-0.2, 0) is 11.2 Å². The lowest BCUT2D eigenvalue weighted by Crippen LogP contribution is -2.32. The van der Waals surface area contributed by atoms with Gasteiger partial charge < -0.3 is 9.88 Å². The average Bonchev–Trinajstić information content (AvgIpc) is 3.12. The summed E-state index contributed by atoms with van der Waals surface area (Å²) in [6.45, 7) is 7.01. The fourth-order valence-corrected chi connectivity index (χ4v) is 4.28. The van der Waals surface area contributed by atoms with Gasteiger partial charge in [-0.1, -0.05) is 31.7 Å². The number of carbonyl (C=O) groups is 1. The molecule has 0 aliphatic heterocycles. The smallest absolute Gasteiger partial charge is 0.233 e. The van der Waals surface area contributed by atoms with E-state index in [0.717, 1.165) is 30.4 Å². The predicted molar refractivity (Wildman–Crippen MR) is 103 cm³/mol. The van der Waals surface area contributed by atoms with Gasteiger partial charge in [-0.25, -0.2) is 0 Å². The molecular weight excluding hydrogens is 352 g/mol. The second-order valence-corrected chi connectivity index (χ2v) is 9.33. The second-order valence-electron chi connectivity index (χ2n) is 6.99. The first-order valence-electron chi connectivity index (χ1n) is 8.95. The van der Waals surface area contributed by atoms with Crippen molar-refractivity contribution in [3.05, 3.63) is 28.2 Å². The zero-order chi connectivity index (χ0) is 17.8. The molecule has 1 fully saturated rings. The van der Waals surface area contributed by atoms with E-state index in [9.17, 15) is 4.79 Å². The van der Waals surface area contributed by atoms with Crippen molar-refractivity contribution in [2.45, 2.75) is 62.9 Å². The van der Waals surface area contributed by atoms with E-state index in [4.69, 9.17) is 0 Å². The maximum atomic E-state index is 12.3. The molecule has 0 radical (unpaired) electrons. The summed E-state index contributed by atoms with van der Waals surface area (Å²) in [5.74, 6) is 1.69. The Balaban J connectivity index is 1.63. The number of carbonyl (C=O) groups excluding carboxylic acids is 1. The van der Waals surface area contributed by atoms with E-state index in [0.29, 0.717) is 12.0 Å². The number of hydrogen-bond donors (Lipinski definition) is 1. The summed E-state index contributed by atoms with van der Waals surface area (Å²) in [5.41, 5.74) is 0. The summed E-state index contributed by atoms with van der Waals surface area (Å²) in [6.07, 6.45) is 4.18. The molecule has 136 valence electrons. The van der Waals surface area contributed by atoms with Crippen LogP contribution in [0.3, 0.4) is 0 Å². The molecular formula is C18H26N4OS2. The maximum Gasteiger partial charge on any atom is 0.233 e. The third-order valence-corrected chi connectivity index (χ3v) is 6.17. The lowest BCUT2D eigenvalue weighted by Gasteiger charge is -2.14. The number of rotatable bonds is 9. The predicted octanol–water partition coefficient (Wildman–Crippen LogP) is 3.91. The molecule has 1 N–H and O–H groups in total. The van der Waals surface area contributed by atoms with Crippen LogP contribution < -0.4 is 5.32 Å². The Morgan fingerprint density at radius 1 is 1.40 bits per heavy atom. The van der Waals surface area contributed by atoms with Gasteiger partial charge in [0.15, 0.2) is 5.16 Å². The largest absolute Gasteiger partial charge is 0.355 e. The summed E-state index contributed by atoms with van der Waals surface area (Å²) < 4.78 is 2.25. The van der Waals surface area contributed by atoms with Crippen molar-refractivity contribution in [1.29, 1.82) is 0 Å². The Labute approximate surface area is 157 Å². The van der Waals surface area contributed by atoms with E-state index >= 15 is 0 Å². The quantitative estimate of drug-likeness (QED) is 0.672. The highest BCUT2D eigenvalue weighted by Crippen LogP contribution is 2.40. The minimum Gasteiger partial charge on any atom is -0.355 e. The van der Waals surface area contributed by atoms with Gasteiger partial charge >= 0.3 is 0 Å². The zero-order valence-corrected chi connectivity index (χ0v) is 16.7. The summed E-state index contributed by atoms with van der Waals surface area (Å²) in [6, 6.07) is 4.70. The van der Waals surface area contributed by atoms with Crippen LogP contribution in [0.4, 0.5) is 0 Å². The topological polar surface area (TPSA) is 59.8 Å². The molecule has 3 rings (SSSR count). The van der Waals surface area contributed by atoms with Crippen molar-refractivity contribution in [3.63, 3.8) is 0 Å². The zero-order valence-electron chi connectivity index (χ0n) is 15.1. The number of hydrogen-bond acceptors (Lipinski definition) is 5. The standard InChI is InChI=1S/C18H26N4OS2/c1-12(2)8-9-19-17(23)13(3)25-18-21-20-16(22(18)14-6-7-14)11-15-5-4-10-24-15/h4-5,10,12-14H,6-9,11H2,1-3H3,(H,19,23). The lowest BCUT2D eigenvalue weighted by molar-refractivity contribution is -0.120. The van der Waals surface area contributed by atoms with Crippen LogP contribution in [-0.4, -0.2) is 32.5 Å². The summed E-state index contributed by atoms with van der Waals surface area (Å²) >= 11 is 3.27. The summed E-state index contributed by atoms with van der Waals surface area (Å²) in [7, 11) is 0. The molecule has 2 heterocycles. The van der Waals surface area contributed by atoms with Gasteiger partial charge in [0.05, 0.1) is 5.25 Å². The Bertz CT molecular complexity index is 692. The fraction of sp³-hybridized carbons (Fsp3) is 0.611. The van der Waals surface area contributed by atoms with Crippen LogP contribution in [0.25, 0.3) is 0 Å². The SMILES string of the molecule is CC(C)CCNC(=O)C(C)Sc1nnc(Cc2cccs2)n1C1CC1. The van der Waals surface area contributed by atoms with Crippen LogP contribution >= 0.6 is 23.1 Å². The maximum absolute atomic E-state index is 12.3. The van der Waals surface area contributed by atoms with Gasteiger partial charge in [0.1, 0.15) is 5.82 Å². The van der Waals surface area contributed by atoms with Crippen LogP contribution in [0.5, 0.6) is 0 Å². The third-order valence-electron chi connectivity index (χ3n) is 4.23. The van der Waals surface area contributed by atoms with Crippen LogP contribution in [0.2, 0.25) is 0 Å². The fourth-order valence-electron chi connectivity index (χ4n) is 2.62. The number of thioether (sulfide) groups is 1. The Morgan fingerprint density at radius 3 is 2.84 bits per heavy atom. The van der Waals surface area contributed by atoms with Crippen molar-refractivity contribution in [1.82, 2.24) is 20.1 Å². The van der Waals surface area contributed by atoms with Crippen LogP contribution in [0.1, 0.15) is 56.8 Å². The molecule has 7 heteroatoms. The molecule has 1 unspecified atom stereocenters. The van der Waals surface area contributed by atoms with E-state index in [1.54, 1.807) is 11.3 Å². The van der Waals surface area contributed by atoms with Gasteiger partial charge in [-0.2, -0.15) is 0 Å². The van der Waals surface area contributed by atoms with Crippen LogP contribution in [0.15, 0.2) is 22.7 Å². The van der Waals surface area contributed by atoms with Crippen molar-refractivity contribution < 1.29 is 4.79 Å². The van der Waals surface area contributed by atoms with E-state index < -0.39 is 0 Å². The van der Waals surface area contributed by atoms with Crippen LogP contribution in [0, 0.1) is 5.92 Å². The first kappa shape index (κ1) is 18.5. The van der Waals surface area contributed by atoms with E-state index in [-0.39, 0.29) is 11.2 Å². The number of nitrogens with zero attached hydrogens (tertiary/aromatic N) is 3. The molecule has 0 bridgehead atoms. The van der Waals surface area contributed by atoms with Gasteiger partial charge in [-0.15, -0.1) is 21.5 Å². The second kappa shape index (κ2) is 8.36. The Kier molecular flexibility index (Phi) is 6.17. The molecule has 1 aliphatic rings. The third kappa shape index (κ3) is 5.07. The highest BCUT2D eigenvalue weighted by atomic mass is 32.2. The van der Waals surface area contributed by atoms with Gasteiger partial charge in [0.2, 0.25) is 5.91 Å². The van der Waals surface area contributed by atoms with Crippen molar-refractivity contribution in [2.75, 3.05) is 6.54 Å². The first-order chi connectivity index (χ1) is 12.0. The molecule has 1 amide bonds. The molecule has 1 aliphatic carbocycles. The lowest BCUT2D eigenvalue weighted by atomic mass is 10.1. The molecule has 1 atom stereocenters. The highest BCUT2D eigenvalue weighted by Gasteiger charge is 2.31. The minimum absolute atomic E-state index is 0.0794. The Morgan fingerprint density at radius 2 is 2.20 bits per heavy atom. The van der Waals surface area contributed by atoms with E-state index in [1.165, 1.54) is 29.5 Å². The van der Waals surface area contributed by atoms with Gasteiger partial charge in [0, 0.05) is 23.9 Å². The van der Waals surface area contributed by atoms with E-state index in [1.807, 2.05) is 6.92 Å². The molecule has 5 nitrogen and oxygen atoms in total. The molecule has 1 saturated carbocycles. The van der Waals surface area contributed by atoms with E-state index in [2.05, 4.69) is 51.4 Å². The molecule has 25 heavy (non-hydrogen) atoms. The van der Waals surface area contributed by atoms with Crippen molar-refractivity contribution >= 4 is 29.0 Å². The van der Waals surface area contributed by atoms with Crippen molar-refractivity contribution in [3.8, 4) is 0 Å². The molecule has 0 aromatic carbocycles. The monoisotopic (exact) mass is 378 g/mol. The first-order valence-corrected chi connectivity index (χ1v) is 10.7. The number of amides is 1. The number of thiophene rings is 1. The summed E-state index contributed by atoms with van der Waals surface area (Å²) in [5, 5.41) is 14.6.